The summed E-state index contributed by atoms with van der Waals surface area (Å²) in [4.78, 5) is 0. The van der Waals surface area contributed by atoms with Crippen LogP contribution in [0.2, 0.25) is 0 Å². The van der Waals surface area contributed by atoms with Crippen LogP contribution < -0.4 is 10.5 Å². The molecule has 2 aliphatic rings. The van der Waals surface area contributed by atoms with Gasteiger partial charge in [0.15, 0.2) is 0 Å². The Morgan fingerprint density at radius 2 is 2.22 bits per heavy atom. The number of nitrogens with two attached hydrogens (primary N) is 1. The highest BCUT2D eigenvalue weighted by Crippen LogP contribution is 2.41. The number of hydrogen-bond acceptors (Lipinski definition) is 3. The van der Waals surface area contributed by atoms with Crippen molar-refractivity contribution >= 4 is 0 Å². The van der Waals surface area contributed by atoms with Crippen LogP contribution in [0.4, 0.5) is 0 Å². The van der Waals surface area contributed by atoms with Crippen LogP contribution in [-0.2, 0) is 12.8 Å². The average molecular weight is 247 g/mol. The van der Waals surface area contributed by atoms with Gasteiger partial charge in [-0.05, 0) is 48.8 Å². The molecule has 1 aliphatic carbocycles. The minimum absolute atomic E-state index is 0.381. The minimum atomic E-state index is -0.643. The lowest BCUT2D eigenvalue weighted by Crippen LogP contribution is -2.40. The van der Waals surface area contributed by atoms with E-state index in [9.17, 15) is 5.11 Å². The highest BCUT2D eigenvalue weighted by molar-refractivity contribution is 5.39. The van der Waals surface area contributed by atoms with E-state index in [1.807, 2.05) is 0 Å². The number of fused-ring (bicyclic) bond motifs is 1. The second kappa shape index (κ2) is 4.56. The molecule has 0 bridgehead atoms. The molecule has 1 aromatic rings. The Morgan fingerprint density at radius 1 is 1.39 bits per heavy atom. The van der Waals surface area contributed by atoms with Crippen molar-refractivity contribution in [3.63, 3.8) is 0 Å². The minimum Gasteiger partial charge on any atom is -0.493 e. The van der Waals surface area contributed by atoms with Crippen molar-refractivity contribution < 1.29 is 9.84 Å². The standard InChI is InChI=1S/C15H21NO2/c16-10-15(17,13-2-3-13)7-5-11-1-4-14-12(9-11)6-8-18-14/h1,4,9,13,17H,2-3,5-8,10,16H2. The molecule has 3 rings (SSSR count). The Labute approximate surface area is 108 Å². The number of hydrogen-bond donors (Lipinski definition) is 2. The topological polar surface area (TPSA) is 55.5 Å². The van der Waals surface area contributed by atoms with Gasteiger partial charge in [-0.25, -0.2) is 0 Å². The first-order valence-corrected chi connectivity index (χ1v) is 6.88. The van der Waals surface area contributed by atoms with E-state index in [-0.39, 0.29) is 0 Å². The smallest absolute Gasteiger partial charge is 0.122 e. The summed E-state index contributed by atoms with van der Waals surface area (Å²) in [5.74, 6) is 1.45. The molecule has 1 heterocycles. The third-order valence-corrected chi connectivity index (χ3v) is 4.29. The Morgan fingerprint density at radius 3 is 2.94 bits per heavy atom. The van der Waals surface area contributed by atoms with E-state index in [2.05, 4.69) is 18.2 Å². The molecule has 1 saturated carbocycles. The van der Waals surface area contributed by atoms with Crippen LogP contribution >= 0.6 is 0 Å². The molecule has 1 aliphatic heterocycles. The van der Waals surface area contributed by atoms with Crippen LogP contribution in [0.3, 0.4) is 0 Å². The molecule has 0 saturated heterocycles. The fourth-order valence-electron chi connectivity index (χ4n) is 2.85. The monoisotopic (exact) mass is 247 g/mol. The summed E-state index contributed by atoms with van der Waals surface area (Å²) in [6, 6.07) is 6.37. The predicted octanol–water partition coefficient (Wildman–Crippen LogP) is 1.65. The van der Waals surface area contributed by atoms with Crippen LogP contribution in [0.15, 0.2) is 18.2 Å². The first-order chi connectivity index (χ1) is 8.71. The normalized spacial score (nSPS) is 21.2. The summed E-state index contributed by atoms with van der Waals surface area (Å²) in [7, 11) is 0. The molecule has 0 aromatic heterocycles. The van der Waals surface area contributed by atoms with Crippen molar-refractivity contribution in [2.24, 2.45) is 11.7 Å². The van der Waals surface area contributed by atoms with Gasteiger partial charge in [0, 0.05) is 13.0 Å². The fraction of sp³-hybridized carbons (Fsp3) is 0.600. The summed E-state index contributed by atoms with van der Waals surface area (Å²) in [6.07, 6.45) is 4.94. The fourth-order valence-corrected chi connectivity index (χ4v) is 2.85. The molecule has 3 nitrogen and oxygen atoms in total. The summed E-state index contributed by atoms with van der Waals surface area (Å²) >= 11 is 0. The van der Waals surface area contributed by atoms with E-state index in [1.165, 1.54) is 11.1 Å². The molecular formula is C15H21NO2. The molecule has 0 spiro atoms. The Hall–Kier alpha value is -1.06. The maximum absolute atomic E-state index is 10.5. The zero-order chi connectivity index (χ0) is 12.6. The van der Waals surface area contributed by atoms with Crippen LogP contribution in [-0.4, -0.2) is 23.9 Å². The molecule has 18 heavy (non-hydrogen) atoms. The number of ether oxygens (including phenoxy) is 1. The van der Waals surface area contributed by atoms with Crippen LogP contribution in [0, 0.1) is 5.92 Å². The average Bonchev–Trinajstić information content (AvgIpc) is 3.15. The molecular weight excluding hydrogens is 226 g/mol. The van der Waals surface area contributed by atoms with Gasteiger partial charge in [-0.2, -0.15) is 0 Å². The zero-order valence-electron chi connectivity index (χ0n) is 10.7. The van der Waals surface area contributed by atoms with Gasteiger partial charge >= 0.3 is 0 Å². The molecule has 1 fully saturated rings. The number of aryl methyl sites for hydroxylation is 1. The number of benzene rings is 1. The molecule has 98 valence electrons. The Bertz CT molecular complexity index is 442. The van der Waals surface area contributed by atoms with Crippen molar-refractivity contribution in [1.82, 2.24) is 0 Å². The van der Waals surface area contributed by atoms with Crippen molar-refractivity contribution in [3.8, 4) is 5.75 Å². The first kappa shape index (κ1) is 12.0. The van der Waals surface area contributed by atoms with E-state index in [0.717, 1.165) is 44.5 Å². The third-order valence-electron chi connectivity index (χ3n) is 4.29. The van der Waals surface area contributed by atoms with Gasteiger partial charge in [-0.3, -0.25) is 0 Å². The molecule has 3 heteroatoms. The first-order valence-electron chi connectivity index (χ1n) is 6.88. The highest BCUT2D eigenvalue weighted by Gasteiger charge is 2.42. The van der Waals surface area contributed by atoms with Gasteiger partial charge in [-0.15, -0.1) is 0 Å². The largest absolute Gasteiger partial charge is 0.493 e. The van der Waals surface area contributed by atoms with Gasteiger partial charge in [0.2, 0.25) is 0 Å². The van der Waals surface area contributed by atoms with E-state index < -0.39 is 5.60 Å². The maximum Gasteiger partial charge on any atom is 0.122 e. The van der Waals surface area contributed by atoms with Crippen LogP contribution in [0.5, 0.6) is 5.75 Å². The summed E-state index contributed by atoms with van der Waals surface area (Å²) < 4.78 is 5.50. The summed E-state index contributed by atoms with van der Waals surface area (Å²) in [5.41, 5.74) is 7.67. The van der Waals surface area contributed by atoms with Crippen molar-refractivity contribution in [1.29, 1.82) is 0 Å². The molecule has 0 radical (unpaired) electrons. The number of aliphatic hydroxyl groups is 1. The SMILES string of the molecule is NCC(O)(CCc1ccc2c(c1)CCO2)C1CC1. The lowest BCUT2D eigenvalue weighted by atomic mass is 9.90. The molecule has 0 amide bonds. The van der Waals surface area contributed by atoms with Gasteiger partial charge in [0.05, 0.1) is 12.2 Å². The van der Waals surface area contributed by atoms with Crippen molar-refractivity contribution in [3.05, 3.63) is 29.3 Å². The van der Waals surface area contributed by atoms with E-state index in [4.69, 9.17) is 10.5 Å². The summed E-state index contributed by atoms with van der Waals surface area (Å²) in [5, 5.41) is 10.5. The van der Waals surface area contributed by atoms with Gasteiger partial charge in [0.1, 0.15) is 5.75 Å². The summed E-state index contributed by atoms with van der Waals surface area (Å²) in [6.45, 7) is 1.18. The lowest BCUT2D eigenvalue weighted by Gasteiger charge is -2.26. The van der Waals surface area contributed by atoms with Crippen LogP contribution in [0.1, 0.15) is 30.4 Å². The van der Waals surface area contributed by atoms with Gasteiger partial charge in [-0.1, -0.05) is 12.1 Å². The van der Waals surface area contributed by atoms with E-state index in [1.54, 1.807) is 0 Å². The third kappa shape index (κ3) is 2.25. The van der Waals surface area contributed by atoms with Crippen molar-refractivity contribution in [2.75, 3.05) is 13.2 Å². The Balaban J connectivity index is 1.66. The maximum atomic E-state index is 10.5. The second-order valence-corrected chi connectivity index (χ2v) is 5.62. The zero-order valence-corrected chi connectivity index (χ0v) is 10.7. The molecule has 3 N–H and O–H groups in total. The van der Waals surface area contributed by atoms with Gasteiger partial charge in [0.25, 0.3) is 0 Å². The quantitative estimate of drug-likeness (QED) is 0.832. The highest BCUT2D eigenvalue weighted by atomic mass is 16.5. The molecule has 1 aromatic carbocycles. The predicted molar refractivity (Wildman–Crippen MR) is 70.7 cm³/mol. The second-order valence-electron chi connectivity index (χ2n) is 5.62. The lowest BCUT2D eigenvalue weighted by molar-refractivity contribution is 0.0181. The van der Waals surface area contributed by atoms with Gasteiger partial charge < -0.3 is 15.6 Å². The molecule has 1 unspecified atom stereocenters. The number of rotatable bonds is 5. The van der Waals surface area contributed by atoms with E-state index >= 15 is 0 Å². The molecule has 1 atom stereocenters. The van der Waals surface area contributed by atoms with Crippen LogP contribution in [0.25, 0.3) is 0 Å². The van der Waals surface area contributed by atoms with E-state index in [0.29, 0.717) is 12.5 Å². The Kier molecular flexibility index (Phi) is 3.04. The van der Waals surface area contributed by atoms with Crippen molar-refractivity contribution in [2.45, 2.75) is 37.7 Å².